The molecule has 0 saturated heterocycles. The van der Waals surface area contributed by atoms with Crippen LogP contribution in [0.5, 0.6) is 5.75 Å². The third-order valence-electron chi connectivity index (χ3n) is 2.06. The van der Waals surface area contributed by atoms with E-state index >= 15 is 0 Å². The normalized spacial score (nSPS) is 10.4. The Morgan fingerprint density at radius 1 is 1.47 bits per heavy atom. The van der Waals surface area contributed by atoms with Crippen LogP contribution < -0.4 is 4.74 Å². The average molecular weight is 245 g/mol. The highest BCUT2D eigenvalue weighted by atomic mass is 19.3. The predicted molar refractivity (Wildman–Crippen MR) is 54.5 cm³/mol. The molecular formula is C10H9F2NO4. The first-order valence-corrected chi connectivity index (χ1v) is 4.57. The number of benzene rings is 1. The fourth-order valence-electron chi connectivity index (χ4n) is 1.37. The molecule has 0 N–H and O–H groups in total. The first-order chi connectivity index (χ1) is 7.82. The Hall–Kier alpha value is -2.05. The van der Waals surface area contributed by atoms with Crippen molar-refractivity contribution in [3.8, 4) is 5.75 Å². The SMILES string of the molecule is CC(=O)c1cc([N+](=O)[O-])cc(C)c1OC(F)F. The van der Waals surface area contributed by atoms with Gasteiger partial charge in [0.2, 0.25) is 0 Å². The molecule has 0 aliphatic rings. The minimum Gasteiger partial charge on any atom is -0.434 e. The van der Waals surface area contributed by atoms with Crippen molar-refractivity contribution in [2.75, 3.05) is 0 Å². The minimum absolute atomic E-state index is 0.115. The molecule has 0 aliphatic carbocycles. The van der Waals surface area contributed by atoms with Gasteiger partial charge in [0.1, 0.15) is 5.75 Å². The Morgan fingerprint density at radius 3 is 2.47 bits per heavy atom. The monoisotopic (exact) mass is 245 g/mol. The summed E-state index contributed by atoms with van der Waals surface area (Å²) in [6.07, 6.45) is 0. The van der Waals surface area contributed by atoms with Crippen molar-refractivity contribution in [3.63, 3.8) is 0 Å². The Morgan fingerprint density at radius 2 is 2.06 bits per heavy atom. The lowest BCUT2D eigenvalue weighted by atomic mass is 10.1. The summed E-state index contributed by atoms with van der Waals surface area (Å²) in [5.41, 5.74) is -0.448. The lowest BCUT2D eigenvalue weighted by molar-refractivity contribution is -0.385. The molecule has 0 heterocycles. The number of rotatable bonds is 4. The van der Waals surface area contributed by atoms with Gasteiger partial charge >= 0.3 is 6.61 Å². The van der Waals surface area contributed by atoms with Crippen molar-refractivity contribution in [2.45, 2.75) is 20.5 Å². The number of carbonyl (C=O) groups excluding carboxylic acids is 1. The van der Waals surface area contributed by atoms with E-state index in [1.165, 1.54) is 6.92 Å². The number of nitro benzene ring substituents is 1. The lowest BCUT2D eigenvalue weighted by Gasteiger charge is -2.11. The van der Waals surface area contributed by atoms with Crippen LogP contribution in [0.25, 0.3) is 0 Å². The van der Waals surface area contributed by atoms with Gasteiger partial charge in [0, 0.05) is 12.1 Å². The quantitative estimate of drug-likeness (QED) is 0.464. The standard InChI is InChI=1S/C10H9F2NO4/c1-5-3-7(13(15)16)4-8(6(2)14)9(5)17-10(11)12/h3-4,10H,1-2H3. The van der Waals surface area contributed by atoms with Gasteiger partial charge in [0.15, 0.2) is 5.78 Å². The number of nitro groups is 1. The summed E-state index contributed by atoms with van der Waals surface area (Å²) in [7, 11) is 0. The van der Waals surface area contributed by atoms with E-state index < -0.39 is 17.3 Å². The summed E-state index contributed by atoms with van der Waals surface area (Å²) >= 11 is 0. The van der Waals surface area contributed by atoms with Crippen molar-refractivity contribution in [1.82, 2.24) is 0 Å². The lowest BCUT2D eigenvalue weighted by Crippen LogP contribution is -2.08. The maximum atomic E-state index is 12.1. The molecule has 0 aliphatic heterocycles. The van der Waals surface area contributed by atoms with Crippen molar-refractivity contribution in [1.29, 1.82) is 0 Å². The number of carbonyl (C=O) groups is 1. The van der Waals surface area contributed by atoms with Gasteiger partial charge in [-0.3, -0.25) is 14.9 Å². The van der Waals surface area contributed by atoms with E-state index in [1.54, 1.807) is 0 Å². The number of aryl methyl sites for hydroxylation is 1. The van der Waals surface area contributed by atoms with Gasteiger partial charge in [-0.2, -0.15) is 8.78 Å². The van der Waals surface area contributed by atoms with E-state index in [1.807, 2.05) is 0 Å². The van der Waals surface area contributed by atoms with Gasteiger partial charge in [-0.1, -0.05) is 0 Å². The van der Waals surface area contributed by atoms with Gasteiger partial charge in [-0.25, -0.2) is 0 Å². The summed E-state index contributed by atoms with van der Waals surface area (Å²) in [5, 5.41) is 10.6. The summed E-state index contributed by atoms with van der Waals surface area (Å²) in [4.78, 5) is 21.1. The molecule has 0 fully saturated rings. The third kappa shape index (κ3) is 2.96. The van der Waals surface area contributed by atoms with Crippen LogP contribution in [-0.4, -0.2) is 17.3 Å². The van der Waals surface area contributed by atoms with Crippen molar-refractivity contribution >= 4 is 11.5 Å². The summed E-state index contributed by atoms with van der Waals surface area (Å²) in [5.74, 6) is -0.898. The van der Waals surface area contributed by atoms with E-state index in [2.05, 4.69) is 4.74 Å². The highest BCUT2D eigenvalue weighted by Gasteiger charge is 2.20. The molecule has 1 aromatic rings. The fourth-order valence-corrected chi connectivity index (χ4v) is 1.37. The molecule has 0 unspecified atom stereocenters. The molecule has 0 atom stereocenters. The van der Waals surface area contributed by atoms with E-state index in [0.29, 0.717) is 0 Å². The van der Waals surface area contributed by atoms with Crippen molar-refractivity contribution < 1.29 is 23.2 Å². The van der Waals surface area contributed by atoms with E-state index in [4.69, 9.17) is 0 Å². The highest BCUT2D eigenvalue weighted by molar-refractivity contribution is 5.98. The molecule has 5 nitrogen and oxygen atoms in total. The number of halogens is 2. The third-order valence-corrected chi connectivity index (χ3v) is 2.06. The first-order valence-electron chi connectivity index (χ1n) is 4.57. The number of non-ortho nitro benzene ring substituents is 1. The Bertz CT molecular complexity index is 474. The van der Waals surface area contributed by atoms with E-state index in [9.17, 15) is 23.7 Å². The Kier molecular flexibility index (Phi) is 3.72. The van der Waals surface area contributed by atoms with Gasteiger partial charge in [-0.05, 0) is 19.4 Å². The molecule has 1 aromatic carbocycles. The number of Topliss-reactive ketones (excluding diaryl/α,β-unsaturated/α-hetero) is 1. The smallest absolute Gasteiger partial charge is 0.387 e. The van der Waals surface area contributed by atoms with Crippen LogP contribution in [0.1, 0.15) is 22.8 Å². The Balaban J connectivity index is 3.38. The highest BCUT2D eigenvalue weighted by Crippen LogP contribution is 2.30. The molecule has 0 amide bonds. The number of nitrogens with zero attached hydrogens (tertiary/aromatic N) is 1. The maximum absolute atomic E-state index is 12.1. The van der Waals surface area contributed by atoms with Crippen LogP contribution in [0.2, 0.25) is 0 Å². The van der Waals surface area contributed by atoms with E-state index in [-0.39, 0.29) is 22.6 Å². The largest absolute Gasteiger partial charge is 0.434 e. The topological polar surface area (TPSA) is 69.4 Å². The number of ether oxygens (including phenoxy) is 1. The Labute approximate surface area is 95.2 Å². The van der Waals surface area contributed by atoms with Gasteiger partial charge in [0.25, 0.3) is 5.69 Å². The van der Waals surface area contributed by atoms with Crippen LogP contribution in [0.4, 0.5) is 14.5 Å². The van der Waals surface area contributed by atoms with Crippen LogP contribution in [0, 0.1) is 17.0 Å². The van der Waals surface area contributed by atoms with Crippen LogP contribution >= 0.6 is 0 Å². The summed E-state index contributed by atoms with van der Waals surface area (Å²) in [6, 6.07) is 2.00. The number of hydrogen-bond donors (Lipinski definition) is 0. The molecule has 0 saturated carbocycles. The van der Waals surface area contributed by atoms with Crippen molar-refractivity contribution in [3.05, 3.63) is 33.4 Å². The van der Waals surface area contributed by atoms with E-state index in [0.717, 1.165) is 19.1 Å². The molecule has 0 aromatic heterocycles. The van der Waals surface area contributed by atoms with Crippen LogP contribution in [-0.2, 0) is 0 Å². The molecule has 92 valence electrons. The molecule has 17 heavy (non-hydrogen) atoms. The maximum Gasteiger partial charge on any atom is 0.387 e. The zero-order valence-electron chi connectivity index (χ0n) is 9.07. The molecular weight excluding hydrogens is 236 g/mol. The number of hydrogen-bond acceptors (Lipinski definition) is 4. The van der Waals surface area contributed by atoms with Crippen molar-refractivity contribution in [2.24, 2.45) is 0 Å². The molecule has 0 radical (unpaired) electrons. The minimum atomic E-state index is -3.09. The average Bonchev–Trinajstić information content (AvgIpc) is 2.19. The second-order valence-corrected chi connectivity index (χ2v) is 3.33. The second kappa shape index (κ2) is 4.86. The number of alkyl halides is 2. The van der Waals surface area contributed by atoms with Crippen LogP contribution in [0.15, 0.2) is 12.1 Å². The van der Waals surface area contributed by atoms with Gasteiger partial charge in [-0.15, -0.1) is 0 Å². The zero-order chi connectivity index (χ0) is 13.2. The molecule has 1 rings (SSSR count). The predicted octanol–water partition coefficient (Wildman–Crippen LogP) is 2.71. The first kappa shape index (κ1) is 13.0. The van der Waals surface area contributed by atoms with Gasteiger partial charge < -0.3 is 4.74 Å². The number of ketones is 1. The van der Waals surface area contributed by atoms with Gasteiger partial charge in [0.05, 0.1) is 10.5 Å². The molecule has 0 spiro atoms. The second-order valence-electron chi connectivity index (χ2n) is 3.33. The summed E-state index contributed by atoms with van der Waals surface area (Å²) < 4.78 is 28.5. The van der Waals surface area contributed by atoms with Crippen LogP contribution in [0.3, 0.4) is 0 Å². The zero-order valence-corrected chi connectivity index (χ0v) is 9.07. The molecule has 0 bridgehead atoms. The summed E-state index contributed by atoms with van der Waals surface area (Å²) in [6.45, 7) is -0.609. The molecule has 7 heteroatoms. The fraction of sp³-hybridized carbons (Fsp3) is 0.300.